The van der Waals surface area contributed by atoms with Gasteiger partial charge in [-0.2, -0.15) is 0 Å². The van der Waals surface area contributed by atoms with Gasteiger partial charge in [-0.3, -0.25) is 9.59 Å². The molecule has 2 aromatic rings. The van der Waals surface area contributed by atoms with E-state index in [0.717, 1.165) is 24.4 Å². The molecule has 0 spiro atoms. The predicted octanol–water partition coefficient (Wildman–Crippen LogP) is 1.92. The topological polar surface area (TPSA) is 67.2 Å². The van der Waals surface area contributed by atoms with Crippen molar-refractivity contribution in [1.29, 1.82) is 0 Å². The van der Waals surface area contributed by atoms with Crippen molar-refractivity contribution >= 4 is 11.8 Å². The van der Waals surface area contributed by atoms with Crippen molar-refractivity contribution in [3.05, 3.63) is 54.1 Å². The molecule has 2 heterocycles. The third-order valence-corrected chi connectivity index (χ3v) is 4.86. The Morgan fingerprint density at radius 2 is 2.08 bits per heavy atom. The number of aromatic nitrogens is 2. The molecule has 6 nitrogen and oxygen atoms in total. The van der Waals surface area contributed by atoms with Crippen LogP contribution in [0.5, 0.6) is 0 Å². The van der Waals surface area contributed by atoms with Gasteiger partial charge in [0, 0.05) is 39.0 Å². The van der Waals surface area contributed by atoms with E-state index in [-0.39, 0.29) is 30.2 Å². The maximum absolute atomic E-state index is 12.6. The zero-order valence-electron chi connectivity index (χ0n) is 14.7. The number of rotatable bonds is 6. The van der Waals surface area contributed by atoms with E-state index in [0.29, 0.717) is 6.54 Å². The highest BCUT2D eigenvalue weighted by Gasteiger charge is 2.42. The van der Waals surface area contributed by atoms with Gasteiger partial charge >= 0.3 is 0 Å². The molecule has 2 atom stereocenters. The van der Waals surface area contributed by atoms with Crippen molar-refractivity contribution in [2.24, 2.45) is 5.92 Å². The van der Waals surface area contributed by atoms with Crippen molar-refractivity contribution in [2.45, 2.75) is 32.4 Å². The highest BCUT2D eigenvalue weighted by atomic mass is 16.2. The number of carbonyl (C=O) groups is 2. The van der Waals surface area contributed by atoms with Crippen LogP contribution in [-0.2, 0) is 16.1 Å². The lowest BCUT2D eigenvalue weighted by Crippen LogP contribution is -2.35. The Kier molecular flexibility index (Phi) is 5.16. The summed E-state index contributed by atoms with van der Waals surface area (Å²) in [4.78, 5) is 30.6. The lowest BCUT2D eigenvalue weighted by molar-refractivity contribution is -0.128. The molecule has 6 heteroatoms. The first-order valence-electron chi connectivity index (χ1n) is 8.64. The second-order valence-corrected chi connectivity index (χ2v) is 6.48. The summed E-state index contributed by atoms with van der Waals surface area (Å²) < 4.78 is 2.06. The number of nitrogens with one attached hydrogen (secondary N) is 1. The molecule has 1 aliphatic rings. The van der Waals surface area contributed by atoms with Crippen LogP contribution in [0.15, 0.2) is 42.7 Å². The van der Waals surface area contributed by atoms with Gasteiger partial charge in [-0.1, -0.05) is 30.3 Å². The first kappa shape index (κ1) is 17.2. The summed E-state index contributed by atoms with van der Waals surface area (Å²) in [5.41, 5.74) is 1.00. The van der Waals surface area contributed by atoms with Crippen LogP contribution in [0.2, 0.25) is 0 Å². The SMILES string of the molecule is Cc1nccn1CCCNC(=O)C1CC(=O)N(C)C1c1ccccc1. The Morgan fingerprint density at radius 3 is 2.76 bits per heavy atom. The number of nitrogens with zero attached hydrogens (tertiary/aromatic N) is 3. The molecule has 1 saturated heterocycles. The van der Waals surface area contributed by atoms with Crippen LogP contribution in [0.3, 0.4) is 0 Å². The number of hydrogen-bond acceptors (Lipinski definition) is 3. The summed E-state index contributed by atoms with van der Waals surface area (Å²) in [6.07, 6.45) is 4.81. The van der Waals surface area contributed by atoms with Gasteiger partial charge in [0.15, 0.2) is 0 Å². The molecule has 1 aliphatic heterocycles. The lowest BCUT2D eigenvalue weighted by Gasteiger charge is -2.25. The maximum Gasteiger partial charge on any atom is 0.226 e. The minimum atomic E-state index is -0.338. The zero-order valence-corrected chi connectivity index (χ0v) is 14.7. The molecule has 2 amide bonds. The summed E-state index contributed by atoms with van der Waals surface area (Å²) in [6.45, 7) is 3.37. The van der Waals surface area contributed by atoms with Gasteiger partial charge in [0.1, 0.15) is 5.82 Å². The first-order valence-corrected chi connectivity index (χ1v) is 8.64. The smallest absolute Gasteiger partial charge is 0.226 e. The minimum absolute atomic E-state index is 0.0167. The monoisotopic (exact) mass is 340 g/mol. The fourth-order valence-electron chi connectivity index (χ4n) is 3.44. The molecular formula is C19H24N4O2. The second kappa shape index (κ2) is 7.51. The molecule has 0 aliphatic carbocycles. The standard InChI is InChI=1S/C19H24N4O2/c1-14-20-10-12-23(14)11-6-9-21-19(25)16-13-17(24)22(2)18(16)15-7-4-3-5-8-15/h3-5,7-8,10,12,16,18H,6,9,11,13H2,1-2H3,(H,21,25). The van der Waals surface area contributed by atoms with E-state index >= 15 is 0 Å². The van der Waals surface area contributed by atoms with E-state index < -0.39 is 0 Å². The normalized spacial score (nSPS) is 20.1. The average Bonchev–Trinajstić information content (AvgIpc) is 3.16. The molecule has 132 valence electrons. The minimum Gasteiger partial charge on any atom is -0.356 e. The molecule has 0 bridgehead atoms. The number of carbonyl (C=O) groups excluding carboxylic acids is 2. The van der Waals surface area contributed by atoms with Crippen LogP contribution in [0, 0.1) is 12.8 Å². The Balaban J connectivity index is 1.58. The number of imidazole rings is 1. The van der Waals surface area contributed by atoms with E-state index in [1.165, 1.54) is 0 Å². The Bertz CT molecular complexity index is 741. The maximum atomic E-state index is 12.6. The molecule has 0 saturated carbocycles. The zero-order chi connectivity index (χ0) is 17.8. The summed E-state index contributed by atoms with van der Waals surface area (Å²) >= 11 is 0. The molecule has 1 aromatic carbocycles. The number of likely N-dealkylation sites (tertiary alicyclic amines) is 1. The van der Waals surface area contributed by atoms with Crippen LogP contribution in [0.25, 0.3) is 0 Å². The van der Waals surface area contributed by atoms with Gasteiger partial charge in [-0.25, -0.2) is 4.98 Å². The largest absolute Gasteiger partial charge is 0.356 e. The molecule has 1 N–H and O–H groups in total. The average molecular weight is 340 g/mol. The van der Waals surface area contributed by atoms with Crippen molar-refractivity contribution in [1.82, 2.24) is 19.8 Å². The highest BCUT2D eigenvalue weighted by molar-refractivity contribution is 5.90. The van der Waals surface area contributed by atoms with Gasteiger partial charge in [0.05, 0.1) is 12.0 Å². The highest BCUT2D eigenvalue weighted by Crippen LogP contribution is 2.36. The van der Waals surface area contributed by atoms with E-state index in [1.807, 2.05) is 43.5 Å². The van der Waals surface area contributed by atoms with E-state index in [4.69, 9.17) is 0 Å². The van der Waals surface area contributed by atoms with Gasteiger partial charge < -0.3 is 14.8 Å². The van der Waals surface area contributed by atoms with Crippen molar-refractivity contribution in [3.8, 4) is 0 Å². The van der Waals surface area contributed by atoms with Crippen molar-refractivity contribution in [3.63, 3.8) is 0 Å². The molecule has 3 rings (SSSR count). The molecule has 1 fully saturated rings. The van der Waals surface area contributed by atoms with Crippen LogP contribution >= 0.6 is 0 Å². The number of aryl methyl sites for hydroxylation is 2. The third kappa shape index (κ3) is 3.73. The fraction of sp³-hybridized carbons (Fsp3) is 0.421. The van der Waals surface area contributed by atoms with Gasteiger partial charge in [-0.05, 0) is 18.9 Å². The van der Waals surface area contributed by atoms with Gasteiger partial charge in [0.25, 0.3) is 0 Å². The van der Waals surface area contributed by atoms with E-state index in [1.54, 1.807) is 18.1 Å². The van der Waals surface area contributed by atoms with E-state index in [2.05, 4.69) is 14.9 Å². The Labute approximate surface area is 147 Å². The molecule has 25 heavy (non-hydrogen) atoms. The van der Waals surface area contributed by atoms with E-state index in [9.17, 15) is 9.59 Å². The Hall–Kier alpha value is -2.63. The van der Waals surface area contributed by atoms with Crippen molar-refractivity contribution in [2.75, 3.05) is 13.6 Å². The fourth-order valence-corrected chi connectivity index (χ4v) is 3.44. The summed E-state index contributed by atoms with van der Waals surface area (Å²) in [6, 6.07) is 9.57. The first-order chi connectivity index (χ1) is 12.1. The summed E-state index contributed by atoms with van der Waals surface area (Å²) in [7, 11) is 1.77. The van der Waals surface area contributed by atoms with Crippen molar-refractivity contribution < 1.29 is 9.59 Å². The van der Waals surface area contributed by atoms with Gasteiger partial charge in [-0.15, -0.1) is 0 Å². The quantitative estimate of drug-likeness (QED) is 0.817. The summed E-state index contributed by atoms with van der Waals surface area (Å²) in [5, 5.41) is 3.00. The Morgan fingerprint density at radius 1 is 1.32 bits per heavy atom. The lowest BCUT2D eigenvalue weighted by atomic mass is 9.93. The molecule has 1 aromatic heterocycles. The number of hydrogen-bond donors (Lipinski definition) is 1. The number of benzene rings is 1. The van der Waals surface area contributed by atoms with Crippen LogP contribution in [0.1, 0.15) is 30.3 Å². The summed E-state index contributed by atoms with van der Waals surface area (Å²) in [5.74, 6) is 0.602. The number of amides is 2. The van der Waals surface area contributed by atoms with Crippen LogP contribution in [0.4, 0.5) is 0 Å². The predicted molar refractivity (Wildman–Crippen MR) is 94.7 cm³/mol. The van der Waals surface area contributed by atoms with Crippen LogP contribution in [-0.4, -0.2) is 39.9 Å². The van der Waals surface area contributed by atoms with Gasteiger partial charge in [0.2, 0.25) is 11.8 Å². The molecular weight excluding hydrogens is 316 g/mol. The molecule has 2 unspecified atom stereocenters. The second-order valence-electron chi connectivity index (χ2n) is 6.48. The molecule has 0 radical (unpaired) electrons. The third-order valence-electron chi connectivity index (χ3n) is 4.86. The van der Waals surface area contributed by atoms with Crippen LogP contribution < -0.4 is 5.32 Å².